The number of nitrogens with zero attached hydrogens (tertiary/aromatic N) is 1. The van der Waals surface area contributed by atoms with Crippen LogP contribution in [0.15, 0.2) is 23.7 Å². The molecule has 0 aliphatic heterocycles. The zero-order valence-corrected chi connectivity index (χ0v) is 14.1. The fourth-order valence-electron chi connectivity index (χ4n) is 2.14. The van der Waals surface area contributed by atoms with Crippen molar-refractivity contribution in [1.82, 2.24) is 4.98 Å². The van der Waals surface area contributed by atoms with Gasteiger partial charge in [-0.15, -0.1) is 11.3 Å². The van der Waals surface area contributed by atoms with Crippen molar-refractivity contribution in [2.45, 2.75) is 26.0 Å². The molecule has 0 saturated carbocycles. The van der Waals surface area contributed by atoms with E-state index in [1.54, 1.807) is 12.6 Å². The highest BCUT2D eigenvalue weighted by atomic mass is 32.2. The van der Waals surface area contributed by atoms with Crippen molar-refractivity contribution >= 4 is 21.2 Å². The van der Waals surface area contributed by atoms with Gasteiger partial charge in [0.2, 0.25) is 0 Å². The summed E-state index contributed by atoms with van der Waals surface area (Å²) in [6.45, 7) is 3.85. The van der Waals surface area contributed by atoms with E-state index in [1.807, 2.05) is 32.0 Å². The summed E-state index contributed by atoms with van der Waals surface area (Å²) in [6.07, 6.45) is 0.521. The van der Waals surface area contributed by atoms with E-state index in [9.17, 15) is 8.42 Å². The number of aromatic nitrogens is 1. The Morgan fingerprint density at radius 2 is 2.05 bits per heavy atom. The van der Waals surface area contributed by atoms with Crippen LogP contribution in [0.3, 0.4) is 0 Å². The third-order valence-corrected chi connectivity index (χ3v) is 5.87. The molecule has 0 aliphatic carbocycles. The smallest absolute Gasteiger partial charge is 0.154 e. The van der Waals surface area contributed by atoms with Crippen molar-refractivity contribution in [1.29, 1.82) is 0 Å². The number of methoxy groups -OCH3 is 1. The maximum Gasteiger partial charge on any atom is 0.154 e. The van der Waals surface area contributed by atoms with Gasteiger partial charge in [0, 0.05) is 10.4 Å². The Hall–Kier alpha value is -1.40. The number of hydrogen-bond acceptors (Lipinski definition) is 5. The number of sulfone groups is 1. The van der Waals surface area contributed by atoms with E-state index >= 15 is 0 Å². The predicted octanol–water partition coefficient (Wildman–Crippen LogP) is 2.93. The summed E-state index contributed by atoms with van der Waals surface area (Å²) in [5.41, 5.74) is 4.42. The van der Waals surface area contributed by atoms with Gasteiger partial charge in [-0.1, -0.05) is 17.7 Å². The second kappa shape index (κ2) is 6.58. The zero-order valence-electron chi connectivity index (χ0n) is 12.4. The molecule has 1 heterocycles. The van der Waals surface area contributed by atoms with E-state index < -0.39 is 9.84 Å². The molecule has 2 aromatic rings. The third-order valence-electron chi connectivity index (χ3n) is 3.30. The van der Waals surface area contributed by atoms with Crippen LogP contribution in [0, 0.1) is 13.8 Å². The van der Waals surface area contributed by atoms with Gasteiger partial charge < -0.3 is 4.74 Å². The first kappa shape index (κ1) is 16.0. The Bertz CT molecular complexity index is 720. The van der Waals surface area contributed by atoms with Gasteiger partial charge >= 0.3 is 0 Å². The van der Waals surface area contributed by atoms with E-state index in [-0.39, 0.29) is 11.5 Å². The monoisotopic (exact) mass is 325 g/mol. The summed E-state index contributed by atoms with van der Waals surface area (Å²) < 4.78 is 29.9. The van der Waals surface area contributed by atoms with Crippen LogP contribution in [0.2, 0.25) is 0 Å². The van der Waals surface area contributed by atoms with Gasteiger partial charge in [-0.2, -0.15) is 0 Å². The van der Waals surface area contributed by atoms with Crippen LogP contribution >= 0.6 is 11.3 Å². The molecule has 4 nitrogen and oxygen atoms in total. The third kappa shape index (κ3) is 4.28. The molecule has 1 aromatic carbocycles. The highest BCUT2D eigenvalue weighted by Crippen LogP contribution is 2.23. The summed E-state index contributed by atoms with van der Waals surface area (Å²) in [7, 11) is -1.62. The maximum absolute atomic E-state index is 12.3. The minimum absolute atomic E-state index is 0.00963. The van der Waals surface area contributed by atoms with Gasteiger partial charge in [-0.3, -0.25) is 0 Å². The van der Waals surface area contributed by atoms with Crippen molar-refractivity contribution in [3.8, 4) is 5.75 Å². The van der Waals surface area contributed by atoms with Gasteiger partial charge in [-0.25, -0.2) is 13.4 Å². The molecule has 0 unspecified atom stereocenters. The molecule has 1 aromatic heterocycles. The van der Waals surface area contributed by atoms with E-state index in [0.29, 0.717) is 12.2 Å². The largest absolute Gasteiger partial charge is 0.496 e. The van der Waals surface area contributed by atoms with Gasteiger partial charge in [0.1, 0.15) is 5.75 Å². The molecule has 0 atom stereocenters. The quantitative estimate of drug-likeness (QED) is 0.819. The molecular formula is C15H19NO3S2. The van der Waals surface area contributed by atoms with E-state index in [0.717, 1.165) is 21.7 Å². The first-order valence-corrected chi connectivity index (χ1v) is 9.34. The number of ether oxygens (including phenoxy) is 1. The summed E-state index contributed by atoms with van der Waals surface area (Å²) in [4.78, 5) is 5.18. The molecule has 21 heavy (non-hydrogen) atoms. The van der Waals surface area contributed by atoms with Crippen LogP contribution in [0.1, 0.15) is 21.7 Å². The summed E-state index contributed by atoms with van der Waals surface area (Å²) >= 11 is 1.51. The van der Waals surface area contributed by atoms with E-state index in [2.05, 4.69) is 4.98 Å². The van der Waals surface area contributed by atoms with Crippen molar-refractivity contribution in [3.05, 3.63) is 45.4 Å². The number of aryl methyl sites for hydroxylation is 3. The minimum Gasteiger partial charge on any atom is -0.496 e. The molecule has 6 heteroatoms. The summed E-state index contributed by atoms with van der Waals surface area (Å²) in [6, 6.07) is 5.59. The second-order valence-electron chi connectivity index (χ2n) is 5.02. The Balaban J connectivity index is 2.11. The molecule has 2 rings (SSSR count). The average Bonchev–Trinajstić information content (AvgIpc) is 2.82. The lowest BCUT2D eigenvalue weighted by Gasteiger charge is -2.10. The Kier molecular flexibility index (Phi) is 5.00. The van der Waals surface area contributed by atoms with Crippen LogP contribution in [-0.4, -0.2) is 26.3 Å². The van der Waals surface area contributed by atoms with Gasteiger partial charge in [0.15, 0.2) is 9.84 Å². The van der Waals surface area contributed by atoms with Crippen LogP contribution in [0.5, 0.6) is 5.75 Å². The van der Waals surface area contributed by atoms with Crippen molar-refractivity contribution in [2.75, 3.05) is 12.9 Å². The van der Waals surface area contributed by atoms with Crippen molar-refractivity contribution in [2.24, 2.45) is 0 Å². The summed E-state index contributed by atoms with van der Waals surface area (Å²) in [5, 5.41) is 0. The van der Waals surface area contributed by atoms with E-state index in [1.165, 1.54) is 11.3 Å². The SMILES string of the molecule is COc1ccc(C)cc1CS(=O)(=O)CCc1scnc1C. The van der Waals surface area contributed by atoms with E-state index in [4.69, 9.17) is 4.74 Å². The highest BCUT2D eigenvalue weighted by molar-refractivity contribution is 7.90. The van der Waals surface area contributed by atoms with Gasteiger partial charge in [0.25, 0.3) is 0 Å². The molecule has 0 bridgehead atoms. The van der Waals surface area contributed by atoms with Crippen LogP contribution in [0.25, 0.3) is 0 Å². The molecule has 0 spiro atoms. The Morgan fingerprint density at radius 3 is 2.67 bits per heavy atom. The van der Waals surface area contributed by atoms with Gasteiger partial charge in [0.05, 0.1) is 29.8 Å². The average molecular weight is 325 g/mol. The Labute approximate surface area is 129 Å². The van der Waals surface area contributed by atoms with Gasteiger partial charge in [-0.05, 0) is 26.3 Å². The van der Waals surface area contributed by atoms with Crippen molar-refractivity contribution < 1.29 is 13.2 Å². The normalized spacial score (nSPS) is 11.6. The molecule has 114 valence electrons. The standard InChI is InChI=1S/C15H19NO3S2/c1-11-4-5-14(19-3)13(8-11)9-21(17,18)7-6-15-12(2)16-10-20-15/h4-5,8,10H,6-7,9H2,1-3H3. The first-order valence-electron chi connectivity index (χ1n) is 6.64. The fourth-order valence-corrected chi connectivity index (χ4v) is 4.41. The minimum atomic E-state index is -3.18. The van der Waals surface area contributed by atoms with Crippen LogP contribution in [-0.2, 0) is 22.0 Å². The lowest BCUT2D eigenvalue weighted by molar-refractivity contribution is 0.411. The molecule has 0 saturated heterocycles. The molecule has 0 radical (unpaired) electrons. The van der Waals surface area contributed by atoms with Crippen molar-refractivity contribution in [3.63, 3.8) is 0 Å². The number of rotatable bonds is 6. The fraction of sp³-hybridized carbons (Fsp3) is 0.400. The lowest BCUT2D eigenvalue weighted by Crippen LogP contribution is -2.12. The second-order valence-corrected chi connectivity index (χ2v) is 8.14. The highest BCUT2D eigenvalue weighted by Gasteiger charge is 2.16. The molecule has 0 amide bonds. The molecule has 0 N–H and O–H groups in total. The molecular weight excluding hydrogens is 306 g/mol. The zero-order chi connectivity index (χ0) is 15.5. The maximum atomic E-state index is 12.3. The molecule has 0 aliphatic rings. The van der Waals surface area contributed by atoms with Crippen LogP contribution < -0.4 is 4.74 Å². The Morgan fingerprint density at radius 1 is 1.29 bits per heavy atom. The summed E-state index contributed by atoms with van der Waals surface area (Å²) in [5.74, 6) is 0.765. The first-order chi connectivity index (χ1) is 9.91. The lowest BCUT2D eigenvalue weighted by atomic mass is 10.1. The molecule has 0 fully saturated rings. The number of hydrogen-bond donors (Lipinski definition) is 0. The number of thiazole rings is 1. The predicted molar refractivity (Wildman–Crippen MR) is 85.8 cm³/mol. The topological polar surface area (TPSA) is 56.3 Å². The van der Waals surface area contributed by atoms with Crippen LogP contribution in [0.4, 0.5) is 0 Å². The number of benzene rings is 1.